The van der Waals surface area contributed by atoms with Crippen molar-refractivity contribution in [3.63, 3.8) is 0 Å². The lowest BCUT2D eigenvalue weighted by Gasteiger charge is -2.11. The Balaban J connectivity index is 2.39. The summed E-state index contributed by atoms with van der Waals surface area (Å²) < 4.78 is 5.50. The van der Waals surface area contributed by atoms with E-state index in [-0.39, 0.29) is 0 Å². The molecule has 0 bridgehead atoms. The first-order chi connectivity index (χ1) is 8.85. The molecule has 0 radical (unpaired) electrons. The normalized spacial score (nSPS) is 9.61. The Bertz CT molecular complexity index is 563. The molecule has 0 saturated heterocycles. The molecule has 1 heteroatoms. The molecule has 18 heavy (non-hydrogen) atoms. The zero-order chi connectivity index (χ0) is 12.8. The highest BCUT2D eigenvalue weighted by Crippen LogP contribution is 2.26. The average Bonchev–Trinajstić information content (AvgIpc) is 2.41. The molecule has 90 valence electrons. The zero-order valence-corrected chi connectivity index (χ0v) is 10.5. The van der Waals surface area contributed by atoms with E-state index in [0.29, 0.717) is 0 Å². The molecule has 0 spiro atoms. The summed E-state index contributed by atoms with van der Waals surface area (Å²) in [6.45, 7) is 3.61. The average molecular weight is 236 g/mol. The molecule has 0 aromatic heterocycles. The second-order valence-corrected chi connectivity index (χ2v) is 4.05. The van der Waals surface area contributed by atoms with Crippen LogP contribution in [-0.4, -0.2) is 7.11 Å². The van der Waals surface area contributed by atoms with Crippen molar-refractivity contribution < 1.29 is 4.74 Å². The third kappa shape index (κ3) is 2.71. The summed E-state index contributed by atoms with van der Waals surface area (Å²) >= 11 is 0. The van der Waals surface area contributed by atoms with E-state index in [9.17, 15) is 0 Å². The number of methoxy groups -OCH3 is 1. The minimum atomic E-state index is 0.864. The van der Waals surface area contributed by atoms with Crippen molar-refractivity contribution in [1.82, 2.24) is 0 Å². The van der Waals surface area contributed by atoms with Gasteiger partial charge in [-0.05, 0) is 17.2 Å². The fourth-order valence-corrected chi connectivity index (χ4v) is 2.03. The molecule has 0 N–H and O–H groups in total. The van der Waals surface area contributed by atoms with Crippen LogP contribution in [0.1, 0.15) is 16.7 Å². The van der Waals surface area contributed by atoms with Crippen LogP contribution >= 0.6 is 0 Å². The van der Waals surface area contributed by atoms with Crippen LogP contribution in [0.25, 0.3) is 6.08 Å². The Morgan fingerprint density at radius 1 is 1.11 bits per heavy atom. The molecule has 1 nitrogen and oxygen atoms in total. The van der Waals surface area contributed by atoms with Gasteiger partial charge in [0, 0.05) is 12.0 Å². The Morgan fingerprint density at radius 2 is 1.89 bits per heavy atom. The van der Waals surface area contributed by atoms with E-state index < -0.39 is 0 Å². The van der Waals surface area contributed by atoms with Crippen molar-refractivity contribution in [1.29, 1.82) is 0 Å². The van der Waals surface area contributed by atoms with Crippen LogP contribution < -0.4 is 4.74 Å². The summed E-state index contributed by atoms with van der Waals surface area (Å²) in [6, 6.07) is 16.5. The van der Waals surface area contributed by atoms with E-state index in [1.807, 2.05) is 24.3 Å². The lowest BCUT2D eigenvalue weighted by atomic mass is 10.0. The third-order valence-corrected chi connectivity index (χ3v) is 2.83. The van der Waals surface area contributed by atoms with Crippen LogP contribution in [0.2, 0.25) is 0 Å². The third-order valence-electron chi connectivity index (χ3n) is 2.83. The fraction of sp³-hybridized carbons (Fsp3) is 0.118. The van der Waals surface area contributed by atoms with Crippen molar-refractivity contribution >= 4 is 6.08 Å². The van der Waals surface area contributed by atoms with Crippen molar-refractivity contribution in [2.24, 2.45) is 0 Å². The van der Waals surface area contributed by atoms with Gasteiger partial charge in [0.1, 0.15) is 5.75 Å². The lowest BCUT2D eigenvalue weighted by Crippen LogP contribution is -1.95. The van der Waals surface area contributed by atoms with Crippen molar-refractivity contribution in [2.75, 3.05) is 7.11 Å². The number of para-hydroxylation sites is 1. The van der Waals surface area contributed by atoms with E-state index >= 15 is 0 Å². The van der Waals surface area contributed by atoms with E-state index in [4.69, 9.17) is 4.74 Å². The van der Waals surface area contributed by atoms with Gasteiger partial charge in [-0.15, -0.1) is 5.73 Å². The van der Waals surface area contributed by atoms with Crippen LogP contribution in [0.5, 0.6) is 5.75 Å². The second kappa shape index (κ2) is 5.90. The molecule has 0 aliphatic heterocycles. The first-order valence-corrected chi connectivity index (χ1v) is 5.91. The number of benzene rings is 2. The monoisotopic (exact) mass is 236 g/mol. The van der Waals surface area contributed by atoms with E-state index in [1.54, 1.807) is 7.11 Å². The van der Waals surface area contributed by atoms with Crippen LogP contribution in [0, 0.1) is 0 Å². The Labute approximate surface area is 108 Å². The maximum absolute atomic E-state index is 5.50. The van der Waals surface area contributed by atoms with Crippen LogP contribution in [0.3, 0.4) is 0 Å². The van der Waals surface area contributed by atoms with Gasteiger partial charge in [-0.1, -0.05) is 55.1 Å². The van der Waals surface area contributed by atoms with Crippen molar-refractivity contribution in [3.05, 3.63) is 77.5 Å². The lowest BCUT2D eigenvalue weighted by molar-refractivity contribution is 0.409. The van der Waals surface area contributed by atoms with Gasteiger partial charge in [-0.2, -0.15) is 0 Å². The Morgan fingerprint density at radius 3 is 2.56 bits per heavy atom. The van der Waals surface area contributed by atoms with Gasteiger partial charge in [0.25, 0.3) is 0 Å². The molecular weight excluding hydrogens is 220 g/mol. The quantitative estimate of drug-likeness (QED) is 0.727. The zero-order valence-electron chi connectivity index (χ0n) is 10.5. The van der Waals surface area contributed by atoms with Gasteiger partial charge < -0.3 is 4.74 Å². The van der Waals surface area contributed by atoms with Gasteiger partial charge in [-0.25, -0.2) is 0 Å². The molecule has 0 aliphatic carbocycles. The first-order valence-electron chi connectivity index (χ1n) is 5.91. The highest BCUT2D eigenvalue weighted by atomic mass is 16.5. The van der Waals surface area contributed by atoms with Gasteiger partial charge >= 0.3 is 0 Å². The highest BCUT2D eigenvalue weighted by molar-refractivity contribution is 5.60. The highest BCUT2D eigenvalue weighted by Gasteiger charge is 2.07. The predicted molar refractivity (Wildman–Crippen MR) is 75.8 cm³/mol. The molecule has 2 aromatic rings. The van der Waals surface area contributed by atoms with Crippen LogP contribution in [0.4, 0.5) is 0 Å². The molecule has 2 rings (SSSR count). The predicted octanol–water partition coefficient (Wildman–Crippen LogP) is 4.08. The smallest absolute Gasteiger partial charge is 0.130 e. The standard InChI is InChI=1S/C17H16O/c1-3-8-15-11-7-12-16(17(15)18-2)13-14-9-5-4-6-10-14/h4-12H,1,13H2,2H3. The SMILES string of the molecule is C=C=Cc1cccc(Cc2ccccc2)c1OC. The largest absolute Gasteiger partial charge is 0.496 e. The van der Waals surface area contributed by atoms with Crippen molar-refractivity contribution in [2.45, 2.75) is 6.42 Å². The molecule has 2 aromatic carbocycles. The topological polar surface area (TPSA) is 9.23 Å². The Kier molecular flexibility index (Phi) is 4.01. The van der Waals surface area contributed by atoms with Crippen molar-refractivity contribution in [3.8, 4) is 5.75 Å². The second-order valence-electron chi connectivity index (χ2n) is 4.05. The number of ether oxygens (including phenoxy) is 1. The molecule has 0 saturated carbocycles. The van der Waals surface area contributed by atoms with Crippen LogP contribution in [0.15, 0.2) is 60.8 Å². The van der Waals surface area contributed by atoms with Gasteiger partial charge in [-0.3, -0.25) is 0 Å². The number of hydrogen-bond donors (Lipinski definition) is 0. The van der Waals surface area contributed by atoms with Gasteiger partial charge in [0.15, 0.2) is 0 Å². The number of hydrogen-bond acceptors (Lipinski definition) is 1. The minimum Gasteiger partial charge on any atom is -0.496 e. The number of rotatable bonds is 4. The summed E-state index contributed by atoms with van der Waals surface area (Å²) in [4.78, 5) is 0. The molecule has 0 heterocycles. The Hall–Kier alpha value is -2.24. The maximum atomic E-state index is 5.50. The summed E-state index contributed by atoms with van der Waals surface area (Å²) in [5, 5.41) is 0. The van der Waals surface area contributed by atoms with Gasteiger partial charge in [0.05, 0.1) is 7.11 Å². The van der Waals surface area contributed by atoms with Gasteiger partial charge in [0.2, 0.25) is 0 Å². The van der Waals surface area contributed by atoms with E-state index in [1.165, 1.54) is 11.1 Å². The molecule has 0 aliphatic rings. The summed E-state index contributed by atoms with van der Waals surface area (Å²) in [5.74, 6) is 0.900. The molecule has 0 atom stereocenters. The summed E-state index contributed by atoms with van der Waals surface area (Å²) in [7, 11) is 1.70. The molecular formula is C17H16O. The van der Waals surface area contributed by atoms with E-state index in [2.05, 4.69) is 42.6 Å². The molecule has 0 unspecified atom stereocenters. The first kappa shape index (κ1) is 12.2. The van der Waals surface area contributed by atoms with E-state index in [0.717, 1.165) is 17.7 Å². The molecule has 0 amide bonds. The fourth-order valence-electron chi connectivity index (χ4n) is 2.03. The summed E-state index contributed by atoms with van der Waals surface area (Å²) in [6.07, 6.45) is 2.70. The maximum Gasteiger partial charge on any atom is 0.130 e. The molecule has 0 fully saturated rings. The minimum absolute atomic E-state index is 0.864. The van der Waals surface area contributed by atoms with Crippen LogP contribution in [-0.2, 0) is 6.42 Å². The summed E-state index contributed by atoms with van der Waals surface area (Å²) in [5.41, 5.74) is 6.26.